The summed E-state index contributed by atoms with van der Waals surface area (Å²) in [5.74, 6) is -2.54. The van der Waals surface area contributed by atoms with Crippen molar-refractivity contribution in [2.45, 2.75) is 25.4 Å². The number of fused-ring (bicyclic) bond motifs is 1. The molecule has 0 saturated heterocycles. The lowest BCUT2D eigenvalue weighted by Gasteiger charge is -2.12. The van der Waals surface area contributed by atoms with Crippen LogP contribution < -0.4 is 9.47 Å². The molecule has 11 nitrogen and oxygen atoms in total. The number of ether oxygens (including phenoxy) is 2. The van der Waals surface area contributed by atoms with Crippen LogP contribution in [0.15, 0.2) is 79.3 Å². The number of nitrogens with zero attached hydrogens (tertiary/aromatic N) is 4. The van der Waals surface area contributed by atoms with Crippen molar-refractivity contribution in [3.63, 3.8) is 0 Å². The van der Waals surface area contributed by atoms with E-state index >= 15 is 0 Å². The molecular formula is C29H25F6N5O6. The fourth-order valence-corrected chi connectivity index (χ4v) is 3.47. The van der Waals surface area contributed by atoms with E-state index < -0.39 is 24.3 Å². The summed E-state index contributed by atoms with van der Waals surface area (Å²) in [4.78, 5) is 34.4. The second kappa shape index (κ2) is 15.4. The minimum Gasteiger partial charge on any atom is -0.493 e. The van der Waals surface area contributed by atoms with E-state index in [2.05, 4.69) is 32.1 Å². The number of H-pyrrole nitrogens is 1. The van der Waals surface area contributed by atoms with Gasteiger partial charge in [0.25, 0.3) is 0 Å². The molecule has 0 unspecified atom stereocenters. The van der Waals surface area contributed by atoms with Crippen LogP contribution in [0.25, 0.3) is 22.6 Å². The smallest absolute Gasteiger partial charge is 0.490 e. The van der Waals surface area contributed by atoms with Crippen LogP contribution >= 0.6 is 0 Å². The molecule has 17 heteroatoms. The highest BCUT2D eigenvalue weighted by atomic mass is 19.4. The summed E-state index contributed by atoms with van der Waals surface area (Å²) in [7, 11) is 1.95. The molecule has 0 spiro atoms. The topological polar surface area (TPSA) is 152 Å². The van der Waals surface area contributed by atoms with Crippen LogP contribution in [0, 0.1) is 0 Å². The normalized spacial score (nSPS) is 11.1. The molecule has 0 radical (unpaired) electrons. The van der Waals surface area contributed by atoms with Gasteiger partial charge in [-0.1, -0.05) is 30.3 Å². The van der Waals surface area contributed by atoms with Crippen molar-refractivity contribution in [1.82, 2.24) is 24.5 Å². The number of aliphatic carboxylic acids is 2. The molecule has 3 heterocycles. The van der Waals surface area contributed by atoms with Crippen molar-refractivity contribution < 1.29 is 55.6 Å². The van der Waals surface area contributed by atoms with Crippen molar-refractivity contribution in [3.8, 4) is 22.9 Å². The molecular weight excluding hydrogens is 628 g/mol. The minimum absolute atomic E-state index is 0.359. The van der Waals surface area contributed by atoms with Gasteiger partial charge in [0.15, 0.2) is 5.65 Å². The Morgan fingerprint density at radius 3 is 2.00 bits per heavy atom. The summed E-state index contributed by atoms with van der Waals surface area (Å²) in [6.45, 7) is 0.923. The van der Waals surface area contributed by atoms with Gasteiger partial charge in [-0.2, -0.15) is 26.3 Å². The highest BCUT2D eigenvalue weighted by Crippen LogP contribution is 2.30. The van der Waals surface area contributed by atoms with Crippen LogP contribution in [0.1, 0.15) is 11.4 Å². The third-order valence-corrected chi connectivity index (χ3v) is 5.69. The number of halogens is 6. The summed E-state index contributed by atoms with van der Waals surface area (Å²) in [5, 5.41) is 14.2. The maximum Gasteiger partial charge on any atom is 0.490 e. The average Bonchev–Trinajstić information content (AvgIpc) is 3.62. The predicted molar refractivity (Wildman–Crippen MR) is 150 cm³/mol. The number of pyridine rings is 1. The maximum atomic E-state index is 10.6. The number of aromatic amines is 1. The lowest BCUT2D eigenvalue weighted by Crippen LogP contribution is -2.21. The molecule has 0 aliphatic rings. The number of imidazole rings is 2. The minimum atomic E-state index is -5.08. The Morgan fingerprint density at radius 1 is 0.848 bits per heavy atom. The molecule has 3 aromatic heterocycles. The number of rotatable bonds is 8. The first kappa shape index (κ1) is 34.9. The van der Waals surface area contributed by atoms with Gasteiger partial charge in [-0.3, -0.25) is 0 Å². The fraction of sp³-hybridized carbons (Fsp3) is 0.207. The van der Waals surface area contributed by atoms with Crippen LogP contribution in [0.5, 0.6) is 11.5 Å². The number of benzene rings is 2. The quantitative estimate of drug-likeness (QED) is 0.176. The predicted octanol–water partition coefficient (Wildman–Crippen LogP) is 5.83. The SMILES string of the molecule is Cn1ccnc1COc1cc(OCCc2ccccc2)cc(-c2nc3cccnc3[nH]2)c1.O=C(O)C(F)(F)F.O=C(O)C(F)(F)F. The van der Waals surface area contributed by atoms with Gasteiger partial charge < -0.3 is 29.2 Å². The van der Waals surface area contributed by atoms with Gasteiger partial charge >= 0.3 is 24.3 Å². The molecule has 0 aliphatic carbocycles. The lowest BCUT2D eigenvalue weighted by molar-refractivity contribution is -0.193. The molecule has 3 N–H and O–H groups in total. The van der Waals surface area contributed by atoms with Crippen LogP contribution in [0.3, 0.4) is 0 Å². The zero-order chi connectivity index (χ0) is 33.9. The van der Waals surface area contributed by atoms with Crippen molar-refractivity contribution >= 4 is 23.1 Å². The lowest BCUT2D eigenvalue weighted by atomic mass is 10.1. The van der Waals surface area contributed by atoms with Crippen LogP contribution in [0.4, 0.5) is 26.3 Å². The van der Waals surface area contributed by atoms with E-state index in [0.717, 1.165) is 34.7 Å². The van der Waals surface area contributed by atoms with E-state index in [-0.39, 0.29) is 0 Å². The van der Waals surface area contributed by atoms with Gasteiger partial charge in [0.2, 0.25) is 0 Å². The fourth-order valence-electron chi connectivity index (χ4n) is 3.47. The maximum absolute atomic E-state index is 10.6. The summed E-state index contributed by atoms with van der Waals surface area (Å²) in [6.07, 6.45) is -3.94. The molecule has 2 aromatic carbocycles. The summed E-state index contributed by atoms with van der Waals surface area (Å²) in [6, 6.07) is 19.9. The molecule has 5 aromatic rings. The Kier molecular flexibility index (Phi) is 11.7. The zero-order valence-electron chi connectivity index (χ0n) is 23.7. The van der Waals surface area contributed by atoms with Gasteiger partial charge in [-0.15, -0.1) is 0 Å². The number of carboxylic acids is 2. The number of carbonyl (C=O) groups is 2. The first-order chi connectivity index (χ1) is 21.6. The largest absolute Gasteiger partial charge is 0.493 e. The Hall–Kier alpha value is -5.61. The number of aromatic nitrogens is 5. The zero-order valence-corrected chi connectivity index (χ0v) is 23.7. The standard InChI is InChI=1S/C25H23N5O2.2C2HF3O2/c1-30-12-11-26-23(30)17-32-21-15-19(24-28-22-8-5-10-27-25(22)29-24)14-20(16-21)31-13-9-18-6-3-2-4-7-18;2*3-2(4,5)1(6)7/h2-8,10-12,14-16H,9,13,17H2,1H3,(H,27,28,29);2*(H,6,7). The van der Waals surface area contributed by atoms with Gasteiger partial charge in [-0.25, -0.2) is 24.5 Å². The molecule has 0 aliphatic heterocycles. The van der Waals surface area contributed by atoms with E-state index in [0.29, 0.717) is 24.8 Å². The first-order valence-corrected chi connectivity index (χ1v) is 13.0. The number of nitrogens with one attached hydrogen (secondary N) is 1. The third kappa shape index (κ3) is 10.8. The Bertz CT molecular complexity index is 1680. The van der Waals surface area contributed by atoms with Gasteiger partial charge in [0, 0.05) is 43.7 Å². The molecule has 5 rings (SSSR count). The molecule has 46 heavy (non-hydrogen) atoms. The van der Waals surface area contributed by atoms with Gasteiger partial charge in [0.1, 0.15) is 35.3 Å². The van der Waals surface area contributed by atoms with E-state index in [1.807, 2.05) is 66.3 Å². The summed E-state index contributed by atoms with van der Waals surface area (Å²) < 4.78 is 77.6. The van der Waals surface area contributed by atoms with Crippen molar-refractivity contribution in [2.24, 2.45) is 7.05 Å². The molecule has 0 amide bonds. The number of alkyl halides is 6. The number of hydrogen-bond donors (Lipinski definition) is 3. The second-order valence-electron chi connectivity index (χ2n) is 9.08. The third-order valence-electron chi connectivity index (χ3n) is 5.69. The molecule has 0 saturated carbocycles. The van der Waals surface area contributed by atoms with Crippen molar-refractivity contribution in [1.29, 1.82) is 0 Å². The van der Waals surface area contributed by atoms with E-state index in [1.54, 1.807) is 12.4 Å². The van der Waals surface area contributed by atoms with E-state index in [4.69, 9.17) is 29.3 Å². The average molecular weight is 654 g/mol. The molecule has 244 valence electrons. The summed E-state index contributed by atoms with van der Waals surface area (Å²) >= 11 is 0. The summed E-state index contributed by atoms with van der Waals surface area (Å²) in [5.41, 5.74) is 3.66. The Labute approximate surface area is 256 Å². The van der Waals surface area contributed by atoms with Crippen LogP contribution in [0.2, 0.25) is 0 Å². The van der Waals surface area contributed by atoms with Crippen LogP contribution in [-0.4, -0.2) is 65.6 Å². The van der Waals surface area contributed by atoms with Crippen molar-refractivity contribution in [3.05, 3.63) is 90.6 Å². The van der Waals surface area contributed by atoms with Crippen LogP contribution in [-0.2, 0) is 29.7 Å². The van der Waals surface area contributed by atoms with Gasteiger partial charge in [0.05, 0.1) is 6.61 Å². The number of carboxylic acid groups (broad SMARTS) is 2. The monoisotopic (exact) mass is 653 g/mol. The highest BCUT2D eigenvalue weighted by molar-refractivity contribution is 5.76. The number of hydrogen-bond acceptors (Lipinski definition) is 7. The molecule has 0 bridgehead atoms. The Morgan fingerprint density at radius 2 is 1.46 bits per heavy atom. The van der Waals surface area contributed by atoms with Crippen molar-refractivity contribution in [2.75, 3.05) is 6.61 Å². The van der Waals surface area contributed by atoms with Gasteiger partial charge in [-0.05, 0) is 29.8 Å². The number of aryl methyl sites for hydroxylation is 1. The van der Waals surface area contributed by atoms with E-state index in [9.17, 15) is 26.3 Å². The molecule has 0 atom stereocenters. The first-order valence-electron chi connectivity index (χ1n) is 13.0. The van der Waals surface area contributed by atoms with E-state index in [1.165, 1.54) is 5.56 Å². The highest BCUT2D eigenvalue weighted by Gasteiger charge is 2.38. The second-order valence-corrected chi connectivity index (χ2v) is 9.08. The molecule has 0 fully saturated rings. The Balaban J connectivity index is 0.000000345.